The highest BCUT2D eigenvalue weighted by molar-refractivity contribution is 6.33. The molecule has 0 fully saturated rings. The summed E-state index contributed by atoms with van der Waals surface area (Å²) in [6.07, 6.45) is 0. The highest BCUT2D eigenvalue weighted by Gasteiger charge is 2.17. The van der Waals surface area contributed by atoms with Crippen LogP contribution in [-0.4, -0.2) is 10.5 Å². The predicted molar refractivity (Wildman–Crippen MR) is 107 cm³/mol. The molecule has 0 atom stereocenters. The van der Waals surface area contributed by atoms with Crippen LogP contribution in [0.2, 0.25) is 15.1 Å². The first-order valence-corrected chi connectivity index (χ1v) is 8.95. The maximum absolute atomic E-state index is 11.9. The zero-order chi connectivity index (χ0) is 18.4. The van der Waals surface area contributed by atoms with E-state index < -0.39 is 5.91 Å². The zero-order valence-electron chi connectivity index (χ0n) is 13.4. The van der Waals surface area contributed by atoms with E-state index in [0.29, 0.717) is 27.2 Å². The number of hydrogen-bond donors (Lipinski definition) is 1. The zero-order valence-corrected chi connectivity index (χ0v) is 15.7. The van der Waals surface area contributed by atoms with E-state index in [4.69, 9.17) is 40.5 Å². The Morgan fingerprint density at radius 1 is 1.04 bits per heavy atom. The first-order chi connectivity index (χ1) is 12.5. The molecule has 3 aromatic carbocycles. The van der Waals surface area contributed by atoms with Gasteiger partial charge in [0.15, 0.2) is 0 Å². The van der Waals surface area contributed by atoms with Crippen molar-refractivity contribution in [3.8, 4) is 0 Å². The van der Waals surface area contributed by atoms with Gasteiger partial charge >= 0.3 is 0 Å². The second-order valence-electron chi connectivity index (χ2n) is 5.96. The summed E-state index contributed by atoms with van der Waals surface area (Å²) in [6.45, 7) is 0.468. The lowest BCUT2D eigenvalue weighted by molar-refractivity contribution is 0.100. The van der Waals surface area contributed by atoms with Crippen LogP contribution in [0.4, 0.5) is 0 Å². The lowest BCUT2D eigenvalue weighted by Gasteiger charge is -2.10. The fraction of sp³-hybridized carbons (Fsp3) is 0.0500. The molecule has 1 heterocycles. The van der Waals surface area contributed by atoms with Crippen molar-refractivity contribution in [2.24, 2.45) is 5.73 Å². The predicted octanol–water partition coefficient (Wildman–Crippen LogP) is 5.70. The molecular formula is C20H12Cl3N2O. The molecule has 0 saturated carbocycles. The summed E-state index contributed by atoms with van der Waals surface area (Å²) >= 11 is 18.7. The molecule has 0 unspecified atom stereocenters. The smallest absolute Gasteiger partial charge is 0.249 e. The lowest BCUT2D eigenvalue weighted by atomic mass is 10.1. The first-order valence-electron chi connectivity index (χ1n) is 7.81. The van der Waals surface area contributed by atoms with E-state index in [-0.39, 0.29) is 0 Å². The number of carbonyl (C=O) groups excluding carboxylic acids is 1. The van der Waals surface area contributed by atoms with Gasteiger partial charge in [0.2, 0.25) is 5.91 Å². The van der Waals surface area contributed by atoms with Crippen molar-refractivity contribution in [1.29, 1.82) is 0 Å². The van der Waals surface area contributed by atoms with Crippen molar-refractivity contribution in [3.05, 3.63) is 80.8 Å². The Morgan fingerprint density at radius 3 is 2.62 bits per heavy atom. The van der Waals surface area contributed by atoms with Crippen LogP contribution >= 0.6 is 34.8 Å². The molecule has 4 rings (SSSR count). The van der Waals surface area contributed by atoms with Crippen LogP contribution in [0.3, 0.4) is 0 Å². The Hall–Kier alpha value is -2.20. The number of halogens is 3. The summed E-state index contributed by atoms with van der Waals surface area (Å²) in [5, 5.41) is 3.31. The molecule has 0 aliphatic rings. The van der Waals surface area contributed by atoms with Crippen LogP contribution in [0.1, 0.15) is 15.9 Å². The number of primary amides is 1. The number of aromatic nitrogens is 1. The number of carbonyl (C=O) groups is 1. The van der Waals surface area contributed by atoms with Gasteiger partial charge in [0.05, 0.1) is 11.0 Å². The van der Waals surface area contributed by atoms with Gasteiger partial charge in [0.25, 0.3) is 0 Å². The molecule has 3 nitrogen and oxygen atoms in total. The van der Waals surface area contributed by atoms with Gasteiger partial charge < -0.3 is 10.3 Å². The van der Waals surface area contributed by atoms with E-state index >= 15 is 0 Å². The molecule has 0 aliphatic carbocycles. The van der Waals surface area contributed by atoms with Crippen LogP contribution < -0.4 is 5.73 Å². The van der Waals surface area contributed by atoms with Crippen LogP contribution in [0.5, 0.6) is 0 Å². The van der Waals surface area contributed by atoms with Crippen molar-refractivity contribution < 1.29 is 4.79 Å². The monoisotopic (exact) mass is 401 g/mol. The Kier molecular flexibility index (Phi) is 4.31. The molecule has 0 spiro atoms. The minimum Gasteiger partial charge on any atom is -0.366 e. The largest absolute Gasteiger partial charge is 0.366 e. The van der Waals surface area contributed by atoms with Crippen molar-refractivity contribution in [2.75, 3.05) is 0 Å². The summed E-state index contributed by atoms with van der Waals surface area (Å²) in [5.41, 5.74) is 8.59. The van der Waals surface area contributed by atoms with Crippen LogP contribution in [0, 0.1) is 6.07 Å². The second kappa shape index (κ2) is 6.51. The normalized spacial score (nSPS) is 11.3. The fourth-order valence-corrected chi connectivity index (χ4v) is 3.77. The van der Waals surface area contributed by atoms with Gasteiger partial charge in [0, 0.05) is 37.9 Å². The van der Waals surface area contributed by atoms with Gasteiger partial charge in [-0.2, -0.15) is 0 Å². The van der Waals surface area contributed by atoms with E-state index in [1.54, 1.807) is 30.3 Å². The molecule has 0 aliphatic heterocycles. The molecule has 0 saturated heterocycles. The number of hydrogen-bond acceptors (Lipinski definition) is 1. The molecule has 26 heavy (non-hydrogen) atoms. The van der Waals surface area contributed by atoms with Crippen molar-refractivity contribution >= 4 is 62.5 Å². The average molecular weight is 403 g/mol. The van der Waals surface area contributed by atoms with E-state index in [9.17, 15) is 4.79 Å². The van der Waals surface area contributed by atoms with Gasteiger partial charge in [-0.3, -0.25) is 4.79 Å². The van der Waals surface area contributed by atoms with E-state index in [1.807, 2.05) is 22.8 Å². The number of amides is 1. The quantitative estimate of drug-likeness (QED) is 0.469. The Balaban J connectivity index is 2.06. The van der Waals surface area contributed by atoms with Crippen molar-refractivity contribution in [1.82, 2.24) is 4.57 Å². The molecule has 4 aromatic rings. The topological polar surface area (TPSA) is 48.0 Å². The van der Waals surface area contributed by atoms with Crippen molar-refractivity contribution in [2.45, 2.75) is 6.54 Å². The first kappa shape index (κ1) is 17.2. The number of rotatable bonds is 3. The summed E-state index contributed by atoms with van der Waals surface area (Å²) in [6, 6.07) is 17.5. The van der Waals surface area contributed by atoms with Gasteiger partial charge in [-0.15, -0.1) is 0 Å². The number of benzene rings is 3. The number of fused-ring (bicyclic) bond motifs is 3. The van der Waals surface area contributed by atoms with Gasteiger partial charge in [-0.1, -0.05) is 40.9 Å². The lowest BCUT2D eigenvalue weighted by Crippen LogP contribution is -2.11. The maximum atomic E-state index is 11.9. The van der Waals surface area contributed by atoms with E-state index in [0.717, 1.165) is 27.4 Å². The summed E-state index contributed by atoms with van der Waals surface area (Å²) in [4.78, 5) is 11.9. The van der Waals surface area contributed by atoms with Crippen LogP contribution in [0.15, 0.2) is 48.5 Å². The molecule has 1 aromatic heterocycles. The van der Waals surface area contributed by atoms with E-state index in [1.165, 1.54) is 0 Å². The Morgan fingerprint density at radius 2 is 1.85 bits per heavy atom. The highest BCUT2D eigenvalue weighted by atomic mass is 35.5. The summed E-state index contributed by atoms with van der Waals surface area (Å²) in [7, 11) is 0. The third-order valence-electron chi connectivity index (χ3n) is 4.36. The number of nitrogens with zero attached hydrogens (tertiary/aromatic N) is 1. The maximum Gasteiger partial charge on any atom is 0.249 e. The molecule has 0 bridgehead atoms. The average Bonchev–Trinajstić information content (AvgIpc) is 2.91. The number of nitrogens with two attached hydrogens (primary N) is 1. The SMILES string of the molecule is NC(=O)c1cccc2c1c1[c]cc(Cl)cc1n2Cc1cc(Cl)ccc1Cl. The molecule has 1 radical (unpaired) electrons. The molecule has 2 N–H and O–H groups in total. The second-order valence-corrected chi connectivity index (χ2v) is 7.24. The standard InChI is InChI=1S/C20H12Cl3N2O/c21-12-5-7-16(23)11(8-12)10-25-17-3-1-2-15(20(24)26)19(17)14-6-4-13(22)9-18(14)25/h1-5,7-9H,10H2,(H2,24,26). The third-order valence-corrected chi connectivity index (χ3v) is 5.18. The summed E-state index contributed by atoms with van der Waals surface area (Å²) < 4.78 is 2.04. The van der Waals surface area contributed by atoms with Crippen LogP contribution in [0.25, 0.3) is 21.8 Å². The van der Waals surface area contributed by atoms with Crippen molar-refractivity contribution in [3.63, 3.8) is 0 Å². The highest BCUT2D eigenvalue weighted by Crippen LogP contribution is 2.34. The Labute approximate surface area is 164 Å². The molecular weight excluding hydrogens is 391 g/mol. The Bertz CT molecular complexity index is 1180. The fourth-order valence-electron chi connectivity index (χ4n) is 3.24. The van der Waals surface area contributed by atoms with Gasteiger partial charge in [0.1, 0.15) is 0 Å². The van der Waals surface area contributed by atoms with Gasteiger partial charge in [-0.25, -0.2) is 0 Å². The third kappa shape index (κ3) is 2.82. The molecule has 1 amide bonds. The minimum atomic E-state index is -0.487. The minimum absolute atomic E-state index is 0.446. The molecule has 129 valence electrons. The summed E-state index contributed by atoms with van der Waals surface area (Å²) in [5.74, 6) is -0.487. The molecule has 6 heteroatoms. The van der Waals surface area contributed by atoms with Gasteiger partial charge in [-0.05, 0) is 54.1 Å². The van der Waals surface area contributed by atoms with E-state index in [2.05, 4.69) is 6.07 Å². The van der Waals surface area contributed by atoms with Crippen LogP contribution in [-0.2, 0) is 6.54 Å².